The minimum Gasteiger partial charge on any atom is -0.374 e. The normalized spacial score (nSPS) is 17.8. The van der Waals surface area contributed by atoms with Gasteiger partial charge < -0.3 is 9.94 Å². The van der Waals surface area contributed by atoms with Gasteiger partial charge in [0.25, 0.3) is 11.6 Å². The molecule has 1 atom stereocenters. The van der Waals surface area contributed by atoms with Crippen molar-refractivity contribution >= 4 is 34.7 Å². The summed E-state index contributed by atoms with van der Waals surface area (Å²) in [5.74, 6) is -1.51. The second kappa shape index (κ2) is 9.65. The molecule has 1 heterocycles. The number of anilines is 1. The quantitative estimate of drug-likeness (QED) is 0.241. The van der Waals surface area contributed by atoms with Crippen LogP contribution in [0.5, 0.6) is 0 Å². The van der Waals surface area contributed by atoms with Crippen LogP contribution in [0.2, 0.25) is 0 Å². The summed E-state index contributed by atoms with van der Waals surface area (Å²) in [4.78, 5) is 41.0. The van der Waals surface area contributed by atoms with Crippen molar-refractivity contribution in [1.82, 2.24) is 0 Å². The number of nitro groups is 1. The molecule has 1 N–H and O–H groups in total. The van der Waals surface area contributed by atoms with E-state index in [1.807, 2.05) is 0 Å². The molecule has 0 fully saturated rings. The van der Waals surface area contributed by atoms with Gasteiger partial charge in [-0.3, -0.25) is 14.9 Å². The number of oxime groups is 1. The highest BCUT2D eigenvalue weighted by Crippen LogP contribution is 2.30. The van der Waals surface area contributed by atoms with Crippen LogP contribution in [-0.4, -0.2) is 38.9 Å². The maximum Gasteiger partial charge on any atom is 0.365 e. The number of amides is 1. The van der Waals surface area contributed by atoms with Crippen molar-refractivity contribution < 1.29 is 24.5 Å². The van der Waals surface area contributed by atoms with Crippen LogP contribution in [0.4, 0.5) is 11.4 Å². The summed E-state index contributed by atoms with van der Waals surface area (Å²) in [5.41, 5.74) is -0.806. The highest BCUT2D eigenvalue weighted by Gasteiger charge is 2.49. The summed E-state index contributed by atoms with van der Waals surface area (Å²) in [5, 5.41) is 31.5. The van der Waals surface area contributed by atoms with Gasteiger partial charge in [-0.1, -0.05) is 53.7 Å². The molecule has 0 aromatic heterocycles. The van der Waals surface area contributed by atoms with E-state index in [4.69, 9.17) is 4.84 Å². The molecule has 1 unspecified atom stereocenters. The molecule has 1 amide bonds. The highest BCUT2D eigenvalue weighted by molar-refractivity contribution is 6.24. The average molecular weight is 472 g/mol. The van der Waals surface area contributed by atoms with Gasteiger partial charge in [0.2, 0.25) is 0 Å². The van der Waals surface area contributed by atoms with E-state index in [1.54, 1.807) is 60.7 Å². The molecule has 35 heavy (non-hydrogen) atoms. The molecule has 0 saturated heterocycles. The van der Waals surface area contributed by atoms with Crippen LogP contribution in [0, 0.1) is 10.1 Å². The zero-order valence-electron chi connectivity index (χ0n) is 18.6. The number of aliphatic hydroxyl groups is 1. The van der Waals surface area contributed by atoms with Crippen LogP contribution in [0.3, 0.4) is 0 Å². The molecule has 3 aromatic rings. The van der Waals surface area contributed by atoms with E-state index in [1.165, 1.54) is 31.2 Å². The van der Waals surface area contributed by atoms with E-state index in [-0.39, 0.29) is 29.1 Å². The Hall–Kier alpha value is -4.70. The summed E-state index contributed by atoms with van der Waals surface area (Å²) in [6.07, 6.45) is -0.304. The van der Waals surface area contributed by atoms with Crippen LogP contribution >= 0.6 is 0 Å². The minimum atomic E-state index is -2.01. The number of non-ortho nitro benzene ring substituents is 1. The molecule has 3 aromatic carbocycles. The second-order valence-electron chi connectivity index (χ2n) is 7.76. The van der Waals surface area contributed by atoms with Crippen molar-refractivity contribution in [3.8, 4) is 0 Å². The van der Waals surface area contributed by atoms with Gasteiger partial charge in [0, 0.05) is 18.6 Å². The van der Waals surface area contributed by atoms with Crippen molar-refractivity contribution in [1.29, 1.82) is 0 Å². The van der Waals surface area contributed by atoms with Crippen LogP contribution in [-0.2, 0) is 9.63 Å². The lowest BCUT2D eigenvalue weighted by Crippen LogP contribution is -2.47. The Balaban J connectivity index is 1.61. The monoisotopic (exact) mass is 472 g/mol. The van der Waals surface area contributed by atoms with Crippen molar-refractivity contribution in [2.75, 3.05) is 5.01 Å². The number of nitro benzene ring substituents is 1. The molecule has 0 bridgehead atoms. The van der Waals surface area contributed by atoms with E-state index in [2.05, 4.69) is 10.3 Å². The van der Waals surface area contributed by atoms with Gasteiger partial charge in [-0.15, -0.1) is 0 Å². The molecule has 0 radical (unpaired) electrons. The SMILES string of the molecule is CC1=NN(c2ccccc2)C(=O)C1(O)C/C(=N/OC(=O)c1ccc([N+](=O)[O-])cc1)c1ccccc1. The van der Waals surface area contributed by atoms with Crippen LogP contribution in [0.25, 0.3) is 0 Å². The fourth-order valence-electron chi connectivity index (χ4n) is 3.48. The Morgan fingerprint density at radius 3 is 2.23 bits per heavy atom. The number of benzene rings is 3. The number of hydrogen-bond donors (Lipinski definition) is 1. The van der Waals surface area contributed by atoms with E-state index in [9.17, 15) is 24.8 Å². The van der Waals surface area contributed by atoms with Gasteiger partial charge in [-0.05, 0) is 36.8 Å². The van der Waals surface area contributed by atoms with E-state index in [0.717, 1.165) is 5.01 Å². The highest BCUT2D eigenvalue weighted by atomic mass is 16.7. The first-order chi connectivity index (χ1) is 16.8. The third kappa shape index (κ3) is 4.82. The number of para-hydroxylation sites is 1. The van der Waals surface area contributed by atoms with Crippen molar-refractivity contribution in [3.05, 3.63) is 106 Å². The Labute approximate surface area is 199 Å². The average Bonchev–Trinajstić information content (AvgIpc) is 3.11. The third-order valence-corrected chi connectivity index (χ3v) is 5.48. The van der Waals surface area contributed by atoms with Crippen LogP contribution < -0.4 is 5.01 Å². The van der Waals surface area contributed by atoms with Gasteiger partial charge in [0.15, 0.2) is 5.60 Å². The van der Waals surface area contributed by atoms with Crippen LogP contribution in [0.1, 0.15) is 29.3 Å². The molecule has 176 valence electrons. The van der Waals surface area contributed by atoms with Crippen molar-refractivity contribution in [3.63, 3.8) is 0 Å². The number of hydrazone groups is 1. The summed E-state index contributed by atoms with van der Waals surface area (Å²) in [6, 6.07) is 22.2. The molecule has 10 nitrogen and oxygen atoms in total. The Morgan fingerprint density at radius 1 is 1.03 bits per heavy atom. The standard InChI is InChI=1S/C25H20N4O6/c1-17-25(32,24(31)28(26-17)20-10-6-3-7-11-20)16-22(18-8-4-2-5-9-18)27-35-23(30)19-12-14-21(15-13-19)29(33)34/h2-15,32H,16H2,1H3/b27-22-. The fraction of sp³-hybridized carbons (Fsp3) is 0.120. The first-order valence-electron chi connectivity index (χ1n) is 10.6. The summed E-state index contributed by atoms with van der Waals surface area (Å²) >= 11 is 0. The lowest BCUT2D eigenvalue weighted by atomic mass is 9.89. The molecular formula is C25H20N4O6. The maximum absolute atomic E-state index is 13.2. The van der Waals surface area contributed by atoms with Crippen molar-refractivity contribution in [2.45, 2.75) is 18.9 Å². The van der Waals surface area contributed by atoms with E-state index in [0.29, 0.717) is 11.3 Å². The molecular weight excluding hydrogens is 452 g/mol. The summed E-state index contributed by atoms with van der Waals surface area (Å²) < 4.78 is 0. The molecule has 1 aliphatic rings. The number of nitrogens with zero attached hydrogens (tertiary/aromatic N) is 4. The van der Waals surface area contributed by atoms with Gasteiger partial charge in [-0.25, -0.2) is 4.79 Å². The van der Waals surface area contributed by atoms with Crippen molar-refractivity contribution in [2.24, 2.45) is 10.3 Å². The molecule has 1 aliphatic heterocycles. The summed E-state index contributed by atoms with van der Waals surface area (Å²) in [6.45, 7) is 1.53. The van der Waals surface area contributed by atoms with E-state index >= 15 is 0 Å². The Bertz CT molecular complexity index is 1320. The number of hydrogen-bond acceptors (Lipinski definition) is 8. The predicted molar refractivity (Wildman–Crippen MR) is 128 cm³/mol. The van der Waals surface area contributed by atoms with Gasteiger partial charge in [-0.2, -0.15) is 10.1 Å². The van der Waals surface area contributed by atoms with Crippen LogP contribution in [0.15, 0.2) is 95.2 Å². The minimum absolute atomic E-state index is 0.0513. The molecule has 4 rings (SSSR count). The molecule has 10 heteroatoms. The maximum atomic E-state index is 13.2. The third-order valence-electron chi connectivity index (χ3n) is 5.48. The smallest absolute Gasteiger partial charge is 0.365 e. The first-order valence-corrected chi connectivity index (χ1v) is 10.6. The second-order valence-corrected chi connectivity index (χ2v) is 7.76. The lowest BCUT2D eigenvalue weighted by molar-refractivity contribution is -0.384. The zero-order valence-corrected chi connectivity index (χ0v) is 18.6. The fourth-order valence-corrected chi connectivity index (χ4v) is 3.48. The number of rotatable bonds is 7. The topological polar surface area (TPSA) is 135 Å². The lowest BCUT2D eigenvalue weighted by Gasteiger charge is -2.23. The number of carbonyl (C=O) groups excluding carboxylic acids is 2. The van der Waals surface area contributed by atoms with Gasteiger partial charge in [0.05, 0.1) is 27.6 Å². The molecule has 0 aliphatic carbocycles. The predicted octanol–water partition coefficient (Wildman–Crippen LogP) is 3.70. The van der Waals surface area contributed by atoms with Gasteiger partial charge in [0.1, 0.15) is 0 Å². The largest absolute Gasteiger partial charge is 0.374 e. The first kappa shape index (κ1) is 23.5. The zero-order chi connectivity index (χ0) is 25.0. The summed E-state index contributed by atoms with van der Waals surface area (Å²) in [7, 11) is 0. The molecule has 0 saturated carbocycles. The Kier molecular flexibility index (Phi) is 6.47. The molecule has 0 spiro atoms. The van der Waals surface area contributed by atoms with Gasteiger partial charge >= 0.3 is 5.97 Å². The van der Waals surface area contributed by atoms with E-state index < -0.39 is 22.4 Å². The number of carbonyl (C=O) groups is 2. The Morgan fingerprint density at radius 2 is 1.63 bits per heavy atom.